The van der Waals surface area contributed by atoms with E-state index in [4.69, 9.17) is 0 Å². The van der Waals surface area contributed by atoms with E-state index in [0.717, 1.165) is 6.26 Å². The molecule has 9 heteroatoms. The van der Waals surface area contributed by atoms with Crippen molar-refractivity contribution in [1.29, 1.82) is 0 Å². The maximum Gasteiger partial charge on any atom is 0.244 e. The summed E-state index contributed by atoms with van der Waals surface area (Å²) in [5.74, 6) is 0.194. The van der Waals surface area contributed by atoms with E-state index in [2.05, 4.69) is 15.0 Å². The van der Waals surface area contributed by atoms with E-state index in [1.165, 1.54) is 18.3 Å². The Labute approximate surface area is 113 Å². The van der Waals surface area contributed by atoms with Crippen LogP contribution >= 0.6 is 0 Å². The number of sulfonamides is 1. The number of rotatable bonds is 7. The van der Waals surface area contributed by atoms with Gasteiger partial charge in [0.2, 0.25) is 10.0 Å². The highest BCUT2D eigenvalue weighted by Gasteiger charge is 2.18. The van der Waals surface area contributed by atoms with E-state index in [1.807, 2.05) is 0 Å². The molecule has 0 radical (unpaired) electrons. The van der Waals surface area contributed by atoms with Crippen molar-refractivity contribution in [1.82, 2.24) is 9.71 Å². The molecule has 7 nitrogen and oxygen atoms in total. The van der Waals surface area contributed by atoms with Crippen LogP contribution in [0.1, 0.15) is 6.42 Å². The molecule has 0 spiro atoms. The number of aromatic nitrogens is 1. The summed E-state index contributed by atoms with van der Waals surface area (Å²) in [6.07, 6.45) is 2.82. The molecule has 1 rings (SSSR count). The maximum absolute atomic E-state index is 12.0. The van der Waals surface area contributed by atoms with E-state index in [-0.39, 0.29) is 29.4 Å². The minimum atomic E-state index is -3.69. The third-order valence-corrected chi connectivity index (χ3v) is 4.80. The molecule has 108 valence electrons. The molecule has 2 N–H and O–H groups in total. The number of hydrogen-bond acceptors (Lipinski definition) is 6. The van der Waals surface area contributed by atoms with Gasteiger partial charge in [-0.15, -0.1) is 0 Å². The fourth-order valence-corrected chi connectivity index (χ4v) is 3.32. The molecule has 0 atom stereocenters. The maximum atomic E-state index is 12.0. The number of nitrogens with zero attached hydrogens (tertiary/aromatic N) is 1. The van der Waals surface area contributed by atoms with E-state index in [9.17, 15) is 16.8 Å². The zero-order valence-electron chi connectivity index (χ0n) is 10.8. The quantitative estimate of drug-likeness (QED) is 0.678. The van der Waals surface area contributed by atoms with Crippen molar-refractivity contribution in [3.05, 3.63) is 18.3 Å². The third kappa shape index (κ3) is 5.13. The SMILES string of the molecule is CNc1ncccc1S(=O)(=O)NCCCS(C)(=O)=O. The summed E-state index contributed by atoms with van der Waals surface area (Å²) in [7, 11) is -5.20. The second-order valence-corrected chi connectivity index (χ2v) is 7.98. The summed E-state index contributed by atoms with van der Waals surface area (Å²) >= 11 is 0. The first-order chi connectivity index (χ1) is 8.76. The normalized spacial score (nSPS) is 12.3. The third-order valence-electron chi connectivity index (χ3n) is 2.28. The summed E-state index contributed by atoms with van der Waals surface area (Å²) in [5.41, 5.74) is 0. The lowest BCUT2D eigenvalue weighted by atomic mass is 10.5. The number of hydrogen-bond donors (Lipinski definition) is 2. The van der Waals surface area contributed by atoms with Gasteiger partial charge in [-0.1, -0.05) is 0 Å². The van der Waals surface area contributed by atoms with Gasteiger partial charge in [0, 0.05) is 26.0 Å². The Morgan fingerprint density at radius 2 is 1.95 bits per heavy atom. The molecule has 1 heterocycles. The van der Waals surface area contributed by atoms with Crippen LogP contribution in [0, 0.1) is 0 Å². The van der Waals surface area contributed by atoms with Gasteiger partial charge >= 0.3 is 0 Å². The molecule has 0 aromatic carbocycles. The second-order valence-electron chi connectivity index (χ2n) is 3.98. The van der Waals surface area contributed by atoms with Crippen LogP contribution in [-0.2, 0) is 19.9 Å². The topological polar surface area (TPSA) is 105 Å². The smallest absolute Gasteiger partial charge is 0.244 e. The van der Waals surface area contributed by atoms with Gasteiger partial charge in [-0.3, -0.25) is 0 Å². The largest absolute Gasteiger partial charge is 0.372 e. The zero-order valence-corrected chi connectivity index (χ0v) is 12.4. The van der Waals surface area contributed by atoms with Gasteiger partial charge in [-0.25, -0.2) is 26.5 Å². The first-order valence-electron chi connectivity index (χ1n) is 5.56. The fraction of sp³-hybridized carbons (Fsp3) is 0.500. The molecular weight excluding hydrogens is 290 g/mol. The molecule has 1 aromatic rings. The average Bonchev–Trinajstić information content (AvgIpc) is 2.33. The molecule has 0 bridgehead atoms. The monoisotopic (exact) mass is 307 g/mol. The van der Waals surface area contributed by atoms with E-state index in [0.29, 0.717) is 0 Å². The Bertz CT molecular complexity index is 626. The molecule has 0 amide bonds. The molecule has 0 aliphatic heterocycles. The van der Waals surface area contributed by atoms with Crippen molar-refractivity contribution in [2.75, 3.05) is 30.9 Å². The van der Waals surface area contributed by atoms with Gasteiger partial charge in [0.1, 0.15) is 20.6 Å². The van der Waals surface area contributed by atoms with Crippen LogP contribution in [0.25, 0.3) is 0 Å². The molecule has 0 saturated carbocycles. The predicted octanol–water partition coefficient (Wildman–Crippen LogP) is -0.164. The Hall–Kier alpha value is -1.19. The Morgan fingerprint density at radius 3 is 2.53 bits per heavy atom. The Balaban J connectivity index is 2.71. The number of sulfone groups is 1. The summed E-state index contributed by atoms with van der Waals surface area (Å²) in [5, 5.41) is 2.69. The van der Waals surface area contributed by atoms with Crippen LogP contribution < -0.4 is 10.0 Å². The van der Waals surface area contributed by atoms with E-state index < -0.39 is 19.9 Å². The van der Waals surface area contributed by atoms with Gasteiger partial charge in [-0.2, -0.15) is 0 Å². The highest BCUT2D eigenvalue weighted by molar-refractivity contribution is 7.90. The lowest BCUT2D eigenvalue weighted by Gasteiger charge is -2.09. The lowest BCUT2D eigenvalue weighted by Crippen LogP contribution is -2.27. The number of pyridine rings is 1. The molecule has 19 heavy (non-hydrogen) atoms. The Kier molecular flexibility index (Phi) is 5.27. The Morgan fingerprint density at radius 1 is 1.26 bits per heavy atom. The summed E-state index contributed by atoms with van der Waals surface area (Å²) < 4.78 is 48.2. The summed E-state index contributed by atoms with van der Waals surface area (Å²) in [6.45, 7) is 0.0629. The van der Waals surface area contributed by atoms with Crippen LogP contribution in [0.4, 0.5) is 5.82 Å². The van der Waals surface area contributed by atoms with Gasteiger partial charge < -0.3 is 5.32 Å². The molecule has 0 fully saturated rings. The number of nitrogens with one attached hydrogen (secondary N) is 2. The minimum Gasteiger partial charge on any atom is -0.372 e. The van der Waals surface area contributed by atoms with Gasteiger partial charge in [0.15, 0.2) is 0 Å². The summed E-state index contributed by atoms with van der Waals surface area (Å²) in [6, 6.07) is 2.95. The van der Waals surface area contributed by atoms with Gasteiger partial charge in [0.25, 0.3) is 0 Å². The molecule has 0 saturated heterocycles. The van der Waals surface area contributed by atoms with Crippen molar-refractivity contribution in [3.8, 4) is 0 Å². The standard InChI is InChI=1S/C10H17N3O4S2/c1-11-10-9(5-3-6-12-10)19(16,17)13-7-4-8-18(2,14)15/h3,5-6,13H,4,7-8H2,1-2H3,(H,11,12). The van der Waals surface area contributed by atoms with Crippen molar-refractivity contribution < 1.29 is 16.8 Å². The highest BCUT2D eigenvalue weighted by atomic mass is 32.2. The second kappa shape index (κ2) is 6.31. The molecule has 0 aliphatic rings. The fourth-order valence-electron chi connectivity index (χ4n) is 1.41. The van der Waals surface area contributed by atoms with Crippen LogP contribution in [0.5, 0.6) is 0 Å². The van der Waals surface area contributed by atoms with Crippen LogP contribution in [0.3, 0.4) is 0 Å². The van der Waals surface area contributed by atoms with E-state index >= 15 is 0 Å². The number of anilines is 1. The molecule has 0 aliphatic carbocycles. The summed E-state index contributed by atoms with van der Waals surface area (Å²) in [4.78, 5) is 3.94. The first-order valence-corrected chi connectivity index (χ1v) is 9.11. The van der Waals surface area contributed by atoms with Crippen molar-refractivity contribution >= 4 is 25.7 Å². The van der Waals surface area contributed by atoms with Gasteiger partial charge in [0.05, 0.1) is 5.75 Å². The van der Waals surface area contributed by atoms with Crippen LogP contribution in [0.2, 0.25) is 0 Å². The molecular formula is C10H17N3O4S2. The molecule has 1 aromatic heterocycles. The van der Waals surface area contributed by atoms with E-state index in [1.54, 1.807) is 7.05 Å². The predicted molar refractivity (Wildman–Crippen MR) is 73.3 cm³/mol. The van der Waals surface area contributed by atoms with Gasteiger partial charge in [-0.05, 0) is 18.6 Å². The first kappa shape index (κ1) is 15.9. The minimum absolute atomic E-state index is 0.0388. The highest BCUT2D eigenvalue weighted by Crippen LogP contribution is 2.16. The zero-order chi connectivity index (χ0) is 14.5. The van der Waals surface area contributed by atoms with Crippen molar-refractivity contribution in [2.24, 2.45) is 0 Å². The van der Waals surface area contributed by atoms with Crippen molar-refractivity contribution in [3.63, 3.8) is 0 Å². The molecule has 0 unspecified atom stereocenters. The van der Waals surface area contributed by atoms with Crippen LogP contribution in [0.15, 0.2) is 23.2 Å². The lowest BCUT2D eigenvalue weighted by molar-refractivity contribution is 0.577. The average molecular weight is 307 g/mol. The van der Waals surface area contributed by atoms with Crippen molar-refractivity contribution in [2.45, 2.75) is 11.3 Å². The van der Waals surface area contributed by atoms with Crippen LogP contribution in [-0.4, -0.2) is 47.4 Å².